The van der Waals surface area contributed by atoms with Gasteiger partial charge in [-0.05, 0) is 74.4 Å². The summed E-state index contributed by atoms with van der Waals surface area (Å²) in [4.78, 5) is 24.9. The molecule has 3 aromatic carbocycles. The topological polar surface area (TPSA) is 86.2 Å². The second-order valence-electron chi connectivity index (χ2n) is 7.30. The van der Waals surface area contributed by atoms with Crippen molar-refractivity contribution < 1.29 is 23.8 Å². The summed E-state index contributed by atoms with van der Waals surface area (Å²) in [5.74, 6) is 0.302. The second-order valence-corrected chi connectivity index (χ2v) is 7.30. The van der Waals surface area contributed by atoms with E-state index in [4.69, 9.17) is 14.2 Å². The number of nitrogens with zero attached hydrogens (tertiary/aromatic N) is 1. The van der Waals surface area contributed by atoms with Crippen LogP contribution in [0.25, 0.3) is 0 Å². The van der Waals surface area contributed by atoms with Crippen LogP contribution in [0.5, 0.6) is 17.2 Å². The first-order valence-electron chi connectivity index (χ1n) is 10.4. The summed E-state index contributed by atoms with van der Waals surface area (Å²) in [6.45, 7) is 6.09. The van der Waals surface area contributed by atoms with Gasteiger partial charge in [-0.25, -0.2) is 10.2 Å². The van der Waals surface area contributed by atoms with Gasteiger partial charge in [-0.2, -0.15) is 5.10 Å². The van der Waals surface area contributed by atoms with Gasteiger partial charge in [0.2, 0.25) is 0 Å². The summed E-state index contributed by atoms with van der Waals surface area (Å²) >= 11 is 0. The molecule has 7 heteroatoms. The number of amides is 1. The minimum Gasteiger partial charge on any atom is -0.496 e. The van der Waals surface area contributed by atoms with Crippen LogP contribution in [-0.2, 0) is 0 Å². The number of hydrogen-bond acceptors (Lipinski definition) is 6. The second kappa shape index (κ2) is 10.9. The number of benzene rings is 3. The highest BCUT2D eigenvalue weighted by atomic mass is 16.6. The van der Waals surface area contributed by atoms with E-state index in [1.54, 1.807) is 42.5 Å². The van der Waals surface area contributed by atoms with Crippen molar-refractivity contribution in [1.82, 2.24) is 5.43 Å². The SMILES string of the molecule is CCOc1cc(C=NNC(=O)c2ccc(C)cc2OC)ccc1OC(=O)c1ccc(C)cc1. The number of methoxy groups -OCH3 is 1. The molecule has 0 unspecified atom stereocenters. The number of rotatable bonds is 8. The van der Waals surface area contributed by atoms with Crippen molar-refractivity contribution in [2.24, 2.45) is 5.10 Å². The number of carbonyl (C=O) groups is 2. The summed E-state index contributed by atoms with van der Waals surface area (Å²) in [6.07, 6.45) is 1.48. The molecule has 0 heterocycles. The van der Waals surface area contributed by atoms with E-state index < -0.39 is 11.9 Å². The molecule has 1 amide bonds. The van der Waals surface area contributed by atoms with Crippen LogP contribution in [0.1, 0.15) is 44.3 Å². The Morgan fingerprint density at radius 1 is 0.909 bits per heavy atom. The lowest BCUT2D eigenvalue weighted by Gasteiger charge is -2.11. The molecular weight excluding hydrogens is 420 g/mol. The fourth-order valence-electron chi connectivity index (χ4n) is 3.02. The Balaban J connectivity index is 1.72. The van der Waals surface area contributed by atoms with Crippen molar-refractivity contribution in [3.63, 3.8) is 0 Å². The Morgan fingerprint density at radius 3 is 2.33 bits per heavy atom. The van der Waals surface area contributed by atoms with Gasteiger partial charge in [-0.15, -0.1) is 0 Å². The molecule has 0 aliphatic heterocycles. The van der Waals surface area contributed by atoms with Crippen molar-refractivity contribution in [3.8, 4) is 17.2 Å². The fourth-order valence-corrected chi connectivity index (χ4v) is 3.02. The predicted octanol–water partition coefficient (Wildman–Crippen LogP) is 4.69. The number of esters is 1. The standard InChI is InChI=1S/C26H26N2O5/c1-5-32-24-15-19(9-13-22(24)33-26(30)20-10-6-17(2)7-11-20)16-27-28-25(29)21-12-8-18(3)14-23(21)31-4/h6-16H,5H2,1-4H3,(H,28,29). The molecule has 7 nitrogen and oxygen atoms in total. The maximum Gasteiger partial charge on any atom is 0.343 e. The molecule has 0 atom stereocenters. The molecule has 1 N–H and O–H groups in total. The van der Waals surface area contributed by atoms with Gasteiger partial charge in [0.1, 0.15) is 5.75 Å². The average molecular weight is 447 g/mol. The highest BCUT2D eigenvalue weighted by Crippen LogP contribution is 2.29. The monoisotopic (exact) mass is 446 g/mol. The van der Waals surface area contributed by atoms with Gasteiger partial charge in [-0.3, -0.25) is 4.79 Å². The van der Waals surface area contributed by atoms with Crippen LogP contribution in [0, 0.1) is 13.8 Å². The summed E-state index contributed by atoms with van der Waals surface area (Å²) in [5.41, 5.74) is 6.02. The quantitative estimate of drug-likeness (QED) is 0.235. The summed E-state index contributed by atoms with van der Waals surface area (Å²) < 4.78 is 16.4. The number of hydrogen-bond donors (Lipinski definition) is 1. The van der Waals surface area contributed by atoms with Crippen LogP contribution in [0.15, 0.2) is 65.8 Å². The van der Waals surface area contributed by atoms with Crippen molar-refractivity contribution in [2.45, 2.75) is 20.8 Å². The molecule has 0 radical (unpaired) electrons. The van der Waals surface area contributed by atoms with Gasteiger partial charge < -0.3 is 14.2 Å². The van der Waals surface area contributed by atoms with E-state index in [1.165, 1.54) is 13.3 Å². The Kier molecular flexibility index (Phi) is 7.81. The van der Waals surface area contributed by atoms with Gasteiger partial charge in [0, 0.05) is 0 Å². The van der Waals surface area contributed by atoms with Crippen LogP contribution in [0.3, 0.4) is 0 Å². The minimum absolute atomic E-state index is 0.299. The first kappa shape index (κ1) is 23.5. The van der Waals surface area contributed by atoms with E-state index >= 15 is 0 Å². The van der Waals surface area contributed by atoms with E-state index in [0.717, 1.165) is 11.1 Å². The number of aryl methyl sites for hydroxylation is 2. The Labute approximate surface area is 193 Å². The zero-order valence-corrected chi connectivity index (χ0v) is 19.0. The fraction of sp³-hybridized carbons (Fsp3) is 0.192. The van der Waals surface area contributed by atoms with Gasteiger partial charge in [0.15, 0.2) is 11.5 Å². The van der Waals surface area contributed by atoms with E-state index in [9.17, 15) is 9.59 Å². The van der Waals surface area contributed by atoms with E-state index in [2.05, 4.69) is 10.5 Å². The first-order chi connectivity index (χ1) is 15.9. The smallest absolute Gasteiger partial charge is 0.343 e. The molecule has 0 bridgehead atoms. The maximum atomic E-state index is 12.5. The predicted molar refractivity (Wildman–Crippen MR) is 127 cm³/mol. The number of carbonyl (C=O) groups excluding carboxylic acids is 2. The highest BCUT2D eigenvalue weighted by molar-refractivity contribution is 5.97. The summed E-state index contributed by atoms with van der Waals surface area (Å²) in [5, 5.41) is 4.02. The van der Waals surface area contributed by atoms with Crippen molar-refractivity contribution in [1.29, 1.82) is 0 Å². The van der Waals surface area contributed by atoms with Crippen LogP contribution in [0.2, 0.25) is 0 Å². The van der Waals surface area contributed by atoms with E-state index in [0.29, 0.717) is 40.5 Å². The summed E-state index contributed by atoms with van der Waals surface area (Å²) in [7, 11) is 1.51. The van der Waals surface area contributed by atoms with Gasteiger partial charge in [0.25, 0.3) is 5.91 Å². The molecule has 0 aliphatic carbocycles. The molecule has 0 saturated carbocycles. The molecule has 0 spiro atoms. The minimum atomic E-state index is -0.475. The third-order valence-corrected chi connectivity index (χ3v) is 4.74. The van der Waals surface area contributed by atoms with Gasteiger partial charge in [0.05, 0.1) is 31.1 Å². The van der Waals surface area contributed by atoms with Crippen molar-refractivity contribution in [2.75, 3.05) is 13.7 Å². The average Bonchev–Trinajstić information content (AvgIpc) is 2.81. The Bertz CT molecular complexity index is 1170. The van der Waals surface area contributed by atoms with Gasteiger partial charge in [-0.1, -0.05) is 23.8 Å². The van der Waals surface area contributed by atoms with Crippen LogP contribution >= 0.6 is 0 Å². The number of ether oxygens (including phenoxy) is 3. The molecule has 0 fully saturated rings. The van der Waals surface area contributed by atoms with Crippen molar-refractivity contribution >= 4 is 18.1 Å². The molecule has 3 aromatic rings. The number of hydrazone groups is 1. The number of nitrogens with one attached hydrogen (secondary N) is 1. The lowest BCUT2D eigenvalue weighted by molar-refractivity contribution is 0.0728. The molecule has 0 aromatic heterocycles. The van der Waals surface area contributed by atoms with Gasteiger partial charge >= 0.3 is 5.97 Å². The van der Waals surface area contributed by atoms with Crippen molar-refractivity contribution in [3.05, 3.63) is 88.5 Å². The third-order valence-electron chi connectivity index (χ3n) is 4.74. The molecular formula is C26H26N2O5. The molecule has 3 rings (SSSR count). The Morgan fingerprint density at radius 2 is 1.64 bits per heavy atom. The molecule has 170 valence electrons. The zero-order chi connectivity index (χ0) is 23.8. The lowest BCUT2D eigenvalue weighted by Crippen LogP contribution is -2.18. The molecule has 0 aliphatic rings. The largest absolute Gasteiger partial charge is 0.496 e. The van der Waals surface area contributed by atoms with Crippen LogP contribution in [-0.4, -0.2) is 31.8 Å². The lowest BCUT2D eigenvalue weighted by atomic mass is 10.1. The van der Waals surface area contributed by atoms with Crippen LogP contribution in [0.4, 0.5) is 0 Å². The van der Waals surface area contributed by atoms with E-state index in [-0.39, 0.29) is 0 Å². The molecule has 0 saturated heterocycles. The van der Waals surface area contributed by atoms with Crippen LogP contribution < -0.4 is 19.6 Å². The zero-order valence-electron chi connectivity index (χ0n) is 19.0. The molecule has 33 heavy (non-hydrogen) atoms. The third kappa shape index (κ3) is 6.20. The normalized spacial score (nSPS) is 10.7. The maximum absolute atomic E-state index is 12.5. The first-order valence-corrected chi connectivity index (χ1v) is 10.4. The van der Waals surface area contributed by atoms with E-state index in [1.807, 2.05) is 39.0 Å². The Hall–Kier alpha value is -4.13. The highest BCUT2D eigenvalue weighted by Gasteiger charge is 2.14. The summed E-state index contributed by atoms with van der Waals surface area (Å²) in [6, 6.07) is 17.4.